The van der Waals surface area contributed by atoms with E-state index in [0.29, 0.717) is 73.7 Å². The Bertz CT molecular complexity index is 2120. The molecule has 0 radical (unpaired) electrons. The number of piperidine rings is 1. The number of amides is 2. The third kappa shape index (κ3) is 7.56. The first-order valence-electron chi connectivity index (χ1n) is 16.6. The molecule has 0 saturated carbocycles. The summed E-state index contributed by atoms with van der Waals surface area (Å²) in [5.74, 6) is -3.20. The van der Waals surface area contributed by atoms with E-state index in [9.17, 15) is 23.2 Å². The van der Waals surface area contributed by atoms with E-state index in [1.54, 1.807) is 29.1 Å². The van der Waals surface area contributed by atoms with Crippen LogP contribution in [0.1, 0.15) is 37.4 Å². The van der Waals surface area contributed by atoms with Gasteiger partial charge >= 0.3 is 0 Å². The van der Waals surface area contributed by atoms with Crippen molar-refractivity contribution in [1.29, 1.82) is 0 Å². The number of carbonyl (C=O) groups excluding carboxylic acids is 2. The molecule has 3 aromatic heterocycles. The van der Waals surface area contributed by atoms with Crippen molar-refractivity contribution in [2.24, 2.45) is 0 Å². The van der Waals surface area contributed by atoms with Gasteiger partial charge < -0.3 is 19.7 Å². The highest BCUT2D eigenvalue weighted by Gasteiger charge is 2.30. The van der Waals surface area contributed by atoms with E-state index in [-0.39, 0.29) is 31.1 Å². The average molecular weight is 721 g/mol. The number of nitrogens with one attached hydrogen (secondary N) is 2. The Morgan fingerprint density at radius 1 is 1.08 bits per heavy atom. The van der Waals surface area contributed by atoms with Crippen LogP contribution in [0.4, 0.5) is 19.6 Å². The molecule has 2 aliphatic heterocycles. The zero-order valence-corrected chi connectivity index (χ0v) is 28.2. The first-order chi connectivity index (χ1) is 24.9. The topological polar surface area (TPSA) is 171 Å². The lowest BCUT2D eigenvalue weighted by Gasteiger charge is -2.26. The molecule has 15 nitrogen and oxygen atoms in total. The Balaban J connectivity index is 0.918. The van der Waals surface area contributed by atoms with Crippen LogP contribution in [0.25, 0.3) is 22.2 Å². The van der Waals surface area contributed by atoms with Crippen molar-refractivity contribution >= 4 is 44.9 Å². The fraction of sp³-hybridized carbons (Fsp3) is 0.394. The molecule has 7 rings (SSSR count). The number of aromatic nitrogens is 7. The van der Waals surface area contributed by atoms with E-state index in [1.165, 1.54) is 17.4 Å². The van der Waals surface area contributed by atoms with Gasteiger partial charge in [0.2, 0.25) is 11.7 Å². The molecular weight excluding hydrogens is 686 g/mol. The number of morpholine rings is 1. The molecule has 266 valence electrons. The van der Waals surface area contributed by atoms with Gasteiger partial charge in [-0.05, 0) is 49.6 Å². The monoisotopic (exact) mass is 720 g/mol. The van der Waals surface area contributed by atoms with Gasteiger partial charge in [-0.15, -0.1) is 21.5 Å². The summed E-state index contributed by atoms with van der Waals surface area (Å²) in [6.07, 6.45) is 3.81. The van der Waals surface area contributed by atoms with E-state index in [1.807, 2.05) is 5.38 Å². The van der Waals surface area contributed by atoms with Gasteiger partial charge in [-0.1, -0.05) is 10.4 Å². The average Bonchev–Trinajstić information content (AvgIpc) is 3.81. The number of fused-ring (bicyclic) bond motifs is 1. The normalized spacial score (nSPS) is 16.4. The highest BCUT2D eigenvalue weighted by atomic mass is 32.1. The van der Waals surface area contributed by atoms with Crippen LogP contribution in [0, 0.1) is 11.6 Å². The summed E-state index contributed by atoms with van der Waals surface area (Å²) >= 11 is 1.43. The largest absolute Gasteiger partial charge is 0.489 e. The fourth-order valence-electron chi connectivity index (χ4n) is 5.98. The number of benzene rings is 2. The summed E-state index contributed by atoms with van der Waals surface area (Å²) in [4.78, 5) is 43.7. The minimum Gasteiger partial charge on any atom is -0.489 e. The second-order valence-electron chi connectivity index (χ2n) is 12.1. The number of aryl methyl sites for hydroxylation is 1. The number of rotatable bonds is 13. The predicted octanol–water partition coefficient (Wildman–Crippen LogP) is 3.11. The fourth-order valence-corrected chi connectivity index (χ4v) is 6.86. The molecule has 5 aromatic rings. The molecule has 2 N–H and O–H groups in total. The molecular formula is C33H34F2N10O5S. The lowest BCUT2D eigenvalue weighted by molar-refractivity contribution is -0.136. The SMILES string of the molecule is O=C1CCC(n2nnc3ccc(NCCCCn4nncc4CCOc4c(-c5csc(N6CCOCC6)n5)ccc(F)c4F)cc3c2=O)C(=O)N1. The second kappa shape index (κ2) is 15.3. The van der Waals surface area contributed by atoms with E-state index in [4.69, 9.17) is 9.47 Å². The Kier molecular flexibility index (Phi) is 10.2. The summed E-state index contributed by atoms with van der Waals surface area (Å²) < 4.78 is 43.3. The Morgan fingerprint density at radius 2 is 1.94 bits per heavy atom. The van der Waals surface area contributed by atoms with Crippen LogP contribution in [0.3, 0.4) is 0 Å². The second-order valence-corrected chi connectivity index (χ2v) is 12.9. The Hall–Kier alpha value is -5.36. The highest BCUT2D eigenvalue weighted by molar-refractivity contribution is 7.14. The third-order valence-electron chi connectivity index (χ3n) is 8.72. The summed E-state index contributed by atoms with van der Waals surface area (Å²) in [6.45, 7) is 3.89. The number of carbonyl (C=O) groups is 2. The molecule has 18 heteroatoms. The first-order valence-corrected chi connectivity index (χ1v) is 17.5. The number of anilines is 2. The molecule has 0 bridgehead atoms. The summed E-state index contributed by atoms with van der Waals surface area (Å²) in [5, 5.41) is 24.7. The van der Waals surface area contributed by atoms with Crippen LogP contribution < -0.4 is 25.8 Å². The summed E-state index contributed by atoms with van der Waals surface area (Å²) in [5.41, 5.74) is 2.32. The maximum absolute atomic E-state index is 15.0. The Morgan fingerprint density at radius 3 is 2.78 bits per heavy atom. The smallest absolute Gasteiger partial charge is 0.278 e. The van der Waals surface area contributed by atoms with Gasteiger partial charge in [0.25, 0.3) is 11.5 Å². The molecule has 2 amide bonds. The van der Waals surface area contributed by atoms with Crippen LogP contribution in [0.5, 0.6) is 5.75 Å². The predicted molar refractivity (Wildman–Crippen MR) is 183 cm³/mol. The van der Waals surface area contributed by atoms with Gasteiger partial charge in [-0.3, -0.25) is 19.7 Å². The summed E-state index contributed by atoms with van der Waals surface area (Å²) in [6, 6.07) is 6.82. The van der Waals surface area contributed by atoms with Crippen molar-refractivity contribution in [2.75, 3.05) is 49.7 Å². The van der Waals surface area contributed by atoms with Crippen molar-refractivity contribution in [3.8, 4) is 17.0 Å². The zero-order valence-electron chi connectivity index (χ0n) is 27.4. The molecule has 5 heterocycles. The van der Waals surface area contributed by atoms with Crippen LogP contribution in [-0.2, 0) is 27.3 Å². The van der Waals surface area contributed by atoms with Crippen LogP contribution in [0.2, 0.25) is 0 Å². The molecule has 51 heavy (non-hydrogen) atoms. The molecule has 2 saturated heterocycles. The molecule has 2 aliphatic rings. The number of imide groups is 1. The third-order valence-corrected chi connectivity index (χ3v) is 9.62. The van der Waals surface area contributed by atoms with Gasteiger partial charge in [0.05, 0.1) is 42.8 Å². The van der Waals surface area contributed by atoms with Crippen molar-refractivity contribution in [1.82, 2.24) is 40.3 Å². The molecule has 0 aliphatic carbocycles. The quantitative estimate of drug-likeness (QED) is 0.135. The molecule has 2 fully saturated rings. The molecule has 2 aromatic carbocycles. The number of unbranched alkanes of at least 4 members (excludes halogenated alkanes) is 1. The number of nitrogens with zero attached hydrogens (tertiary/aromatic N) is 8. The molecule has 1 atom stereocenters. The maximum atomic E-state index is 15.0. The van der Waals surface area contributed by atoms with Crippen LogP contribution >= 0.6 is 11.3 Å². The number of ether oxygens (including phenoxy) is 2. The van der Waals surface area contributed by atoms with Gasteiger partial charge in [0.1, 0.15) is 11.6 Å². The van der Waals surface area contributed by atoms with Gasteiger partial charge in [-0.25, -0.2) is 14.1 Å². The number of hydrogen-bond donors (Lipinski definition) is 2. The van der Waals surface area contributed by atoms with Crippen molar-refractivity contribution in [2.45, 2.75) is 44.7 Å². The number of hydrogen-bond acceptors (Lipinski definition) is 13. The van der Waals surface area contributed by atoms with Crippen LogP contribution in [0.15, 0.2) is 46.7 Å². The number of thiazole rings is 1. The summed E-state index contributed by atoms with van der Waals surface area (Å²) in [7, 11) is 0. The van der Waals surface area contributed by atoms with E-state index in [0.717, 1.165) is 34.4 Å². The van der Waals surface area contributed by atoms with Crippen molar-refractivity contribution in [3.05, 3.63) is 69.6 Å². The van der Waals surface area contributed by atoms with Gasteiger partial charge in [0, 0.05) is 55.7 Å². The van der Waals surface area contributed by atoms with Gasteiger partial charge in [-0.2, -0.15) is 9.07 Å². The maximum Gasteiger partial charge on any atom is 0.278 e. The minimum absolute atomic E-state index is 0.0698. The van der Waals surface area contributed by atoms with Crippen molar-refractivity contribution < 1.29 is 27.8 Å². The lowest BCUT2D eigenvalue weighted by Crippen LogP contribution is -2.45. The lowest BCUT2D eigenvalue weighted by atomic mass is 10.1. The minimum atomic E-state index is -1.06. The van der Waals surface area contributed by atoms with E-state index < -0.39 is 29.1 Å². The number of halogens is 2. The Labute approximate surface area is 293 Å². The molecule has 1 unspecified atom stereocenters. The highest BCUT2D eigenvalue weighted by Crippen LogP contribution is 2.36. The van der Waals surface area contributed by atoms with E-state index >= 15 is 0 Å². The van der Waals surface area contributed by atoms with Gasteiger partial charge in [0.15, 0.2) is 16.7 Å². The van der Waals surface area contributed by atoms with Crippen LogP contribution in [-0.4, -0.2) is 86.2 Å². The molecule has 0 spiro atoms. The van der Waals surface area contributed by atoms with Crippen molar-refractivity contribution in [3.63, 3.8) is 0 Å². The zero-order chi connectivity index (χ0) is 35.3. The standard InChI is InChI=1S/C33H34F2N10O5S/c34-24-5-4-22(26-19-51-33(38-26)43-12-15-49-16-13-43)30(29(24)35)50-14-9-21-18-37-41-44(21)11-2-1-10-36-20-3-6-25-23(17-20)32(48)45(42-40-25)27-7-8-28(46)39-31(27)47/h3-6,17-19,27,36H,1-2,7-16H2,(H,39,46,47). The van der Waals surface area contributed by atoms with E-state index in [2.05, 4.69) is 41.1 Å². The first kappa shape index (κ1) is 34.1.